The van der Waals surface area contributed by atoms with E-state index in [4.69, 9.17) is 9.90 Å². The van der Waals surface area contributed by atoms with Crippen molar-refractivity contribution in [1.29, 1.82) is 0 Å². The molecule has 1 aromatic carbocycles. The summed E-state index contributed by atoms with van der Waals surface area (Å²) in [6, 6.07) is 8.71. The van der Waals surface area contributed by atoms with Gasteiger partial charge in [0, 0.05) is 4.47 Å². The van der Waals surface area contributed by atoms with E-state index in [-0.39, 0.29) is 6.47 Å². The number of carboxylic acid groups (broad SMARTS) is 1. The normalized spacial score (nSPS) is 21.1. The molecule has 15 heavy (non-hydrogen) atoms. The lowest BCUT2D eigenvalue weighted by Crippen LogP contribution is -1.88. The highest BCUT2D eigenvalue weighted by atomic mass is 79.9. The highest BCUT2D eigenvalue weighted by Gasteiger charge is 2.46. The van der Waals surface area contributed by atoms with Gasteiger partial charge in [-0.3, -0.25) is 4.79 Å². The van der Waals surface area contributed by atoms with Crippen LogP contribution in [0.5, 0.6) is 0 Å². The smallest absolute Gasteiger partial charge is 0.290 e. The summed E-state index contributed by atoms with van der Waals surface area (Å²) >= 11 is 3.44. The molecule has 1 aromatic rings. The number of benzene rings is 1. The van der Waals surface area contributed by atoms with E-state index in [2.05, 4.69) is 54.0 Å². The Bertz CT molecular complexity index is 330. The summed E-state index contributed by atoms with van der Waals surface area (Å²) in [6.07, 6.45) is 1.34. The quantitative estimate of drug-likeness (QED) is 0.791. The van der Waals surface area contributed by atoms with Gasteiger partial charge in [0.05, 0.1) is 0 Å². The zero-order valence-electron chi connectivity index (χ0n) is 8.90. The van der Waals surface area contributed by atoms with E-state index in [9.17, 15) is 0 Å². The molecule has 0 amide bonds. The lowest BCUT2D eigenvalue weighted by atomic mass is 10.0. The van der Waals surface area contributed by atoms with Gasteiger partial charge in [0.25, 0.3) is 6.47 Å². The Morgan fingerprint density at radius 3 is 2.13 bits per heavy atom. The standard InChI is InChI=1S/C11H13Br.CH2O2/c1-11(2)7-10(11)8-3-5-9(12)6-4-8;2-1-3/h3-6,10H,7H2,1-2H3;1H,(H,2,3). The van der Waals surface area contributed by atoms with E-state index in [0.717, 1.165) is 5.92 Å². The van der Waals surface area contributed by atoms with Crippen molar-refractivity contribution in [3.05, 3.63) is 34.3 Å². The Morgan fingerprint density at radius 2 is 1.80 bits per heavy atom. The van der Waals surface area contributed by atoms with Gasteiger partial charge in [0.2, 0.25) is 0 Å². The molecular formula is C12H15BrO2. The summed E-state index contributed by atoms with van der Waals surface area (Å²) in [7, 11) is 0. The van der Waals surface area contributed by atoms with Gasteiger partial charge >= 0.3 is 0 Å². The first-order valence-corrected chi connectivity index (χ1v) is 5.64. The lowest BCUT2D eigenvalue weighted by Gasteiger charge is -2.02. The molecule has 0 radical (unpaired) electrons. The molecule has 1 aliphatic carbocycles. The third kappa shape index (κ3) is 3.34. The Hall–Kier alpha value is -0.830. The highest BCUT2D eigenvalue weighted by molar-refractivity contribution is 9.10. The molecule has 1 unspecified atom stereocenters. The van der Waals surface area contributed by atoms with Gasteiger partial charge < -0.3 is 5.11 Å². The molecule has 1 aliphatic rings. The molecule has 0 heterocycles. The average molecular weight is 271 g/mol. The van der Waals surface area contributed by atoms with Crippen molar-refractivity contribution < 1.29 is 9.90 Å². The molecular weight excluding hydrogens is 256 g/mol. The lowest BCUT2D eigenvalue weighted by molar-refractivity contribution is -0.122. The van der Waals surface area contributed by atoms with Crippen LogP contribution in [0.1, 0.15) is 31.7 Å². The van der Waals surface area contributed by atoms with E-state index in [0.29, 0.717) is 5.41 Å². The summed E-state index contributed by atoms with van der Waals surface area (Å²) in [5.41, 5.74) is 2.04. The van der Waals surface area contributed by atoms with Gasteiger partial charge in [-0.15, -0.1) is 0 Å². The SMILES string of the molecule is CC1(C)CC1c1ccc(Br)cc1.O=CO. The minimum Gasteiger partial charge on any atom is -0.483 e. The first-order chi connectivity index (χ1) is 7.01. The van der Waals surface area contributed by atoms with Gasteiger partial charge in [0.15, 0.2) is 0 Å². The minimum absolute atomic E-state index is 0.250. The van der Waals surface area contributed by atoms with Gasteiger partial charge in [0.1, 0.15) is 0 Å². The number of hydrogen-bond donors (Lipinski definition) is 1. The van der Waals surface area contributed by atoms with Crippen molar-refractivity contribution in [2.75, 3.05) is 0 Å². The maximum absolute atomic E-state index is 8.36. The summed E-state index contributed by atoms with van der Waals surface area (Å²) in [5.74, 6) is 0.797. The molecule has 3 heteroatoms. The van der Waals surface area contributed by atoms with Crippen molar-refractivity contribution in [3.8, 4) is 0 Å². The zero-order chi connectivity index (χ0) is 11.5. The van der Waals surface area contributed by atoms with Gasteiger partial charge in [-0.1, -0.05) is 41.9 Å². The second kappa shape index (κ2) is 4.79. The third-order valence-electron chi connectivity index (χ3n) is 2.79. The van der Waals surface area contributed by atoms with Crippen LogP contribution in [-0.2, 0) is 4.79 Å². The molecule has 0 bridgehead atoms. The maximum atomic E-state index is 8.36. The van der Waals surface area contributed by atoms with E-state index in [1.165, 1.54) is 16.5 Å². The summed E-state index contributed by atoms with van der Waals surface area (Å²) < 4.78 is 1.17. The Morgan fingerprint density at radius 1 is 1.40 bits per heavy atom. The molecule has 0 aliphatic heterocycles. The predicted molar refractivity (Wildman–Crippen MR) is 64.0 cm³/mol. The Labute approximate surface area is 98.4 Å². The van der Waals surface area contributed by atoms with Crippen molar-refractivity contribution in [3.63, 3.8) is 0 Å². The molecule has 0 spiro atoms. The van der Waals surface area contributed by atoms with Crippen LogP contribution in [0.25, 0.3) is 0 Å². The second-order valence-electron chi connectivity index (χ2n) is 4.40. The van der Waals surface area contributed by atoms with E-state index in [1.807, 2.05) is 0 Å². The molecule has 0 saturated heterocycles. The minimum atomic E-state index is -0.250. The molecule has 0 aromatic heterocycles. The molecule has 1 saturated carbocycles. The van der Waals surface area contributed by atoms with Crippen LogP contribution < -0.4 is 0 Å². The fourth-order valence-electron chi connectivity index (χ4n) is 1.73. The van der Waals surface area contributed by atoms with Crippen LogP contribution in [0.4, 0.5) is 0 Å². The largest absolute Gasteiger partial charge is 0.483 e. The van der Waals surface area contributed by atoms with E-state index >= 15 is 0 Å². The monoisotopic (exact) mass is 270 g/mol. The van der Waals surface area contributed by atoms with Crippen LogP contribution in [0.15, 0.2) is 28.7 Å². The fourth-order valence-corrected chi connectivity index (χ4v) is 2.00. The fraction of sp³-hybridized carbons (Fsp3) is 0.417. The third-order valence-corrected chi connectivity index (χ3v) is 3.31. The Balaban J connectivity index is 0.000000337. The van der Waals surface area contributed by atoms with Crippen LogP contribution >= 0.6 is 15.9 Å². The van der Waals surface area contributed by atoms with Crippen LogP contribution in [0, 0.1) is 5.41 Å². The van der Waals surface area contributed by atoms with Crippen LogP contribution in [-0.4, -0.2) is 11.6 Å². The zero-order valence-corrected chi connectivity index (χ0v) is 10.5. The molecule has 2 rings (SSSR count). The number of halogens is 1. The predicted octanol–water partition coefficient (Wildman–Crippen LogP) is 3.66. The molecule has 2 nitrogen and oxygen atoms in total. The molecule has 1 atom stereocenters. The van der Waals surface area contributed by atoms with Crippen molar-refractivity contribution >= 4 is 22.4 Å². The van der Waals surface area contributed by atoms with Crippen LogP contribution in [0.2, 0.25) is 0 Å². The topological polar surface area (TPSA) is 37.3 Å². The summed E-state index contributed by atoms with van der Waals surface area (Å²) in [6.45, 7) is 4.42. The van der Waals surface area contributed by atoms with Gasteiger partial charge in [-0.2, -0.15) is 0 Å². The van der Waals surface area contributed by atoms with Crippen LogP contribution in [0.3, 0.4) is 0 Å². The first-order valence-electron chi connectivity index (χ1n) is 4.84. The molecule has 82 valence electrons. The van der Waals surface area contributed by atoms with Gasteiger partial charge in [-0.05, 0) is 35.4 Å². The van der Waals surface area contributed by atoms with Gasteiger partial charge in [-0.25, -0.2) is 0 Å². The van der Waals surface area contributed by atoms with Crippen molar-refractivity contribution in [2.24, 2.45) is 5.41 Å². The summed E-state index contributed by atoms with van der Waals surface area (Å²) in [5, 5.41) is 6.89. The number of carbonyl (C=O) groups is 1. The van der Waals surface area contributed by atoms with Crippen molar-refractivity contribution in [2.45, 2.75) is 26.2 Å². The van der Waals surface area contributed by atoms with E-state index < -0.39 is 0 Å². The second-order valence-corrected chi connectivity index (χ2v) is 5.32. The first kappa shape index (κ1) is 12.2. The van der Waals surface area contributed by atoms with E-state index in [1.54, 1.807) is 0 Å². The summed E-state index contributed by atoms with van der Waals surface area (Å²) in [4.78, 5) is 8.36. The molecule has 1 N–H and O–H groups in total. The Kier molecular flexibility index (Phi) is 3.91. The average Bonchev–Trinajstić information content (AvgIpc) is 2.78. The highest BCUT2D eigenvalue weighted by Crippen LogP contribution is 2.58. The van der Waals surface area contributed by atoms with Crippen molar-refractivity contribution in [1.82, 2.24) is 0 Å². The molecule has 1 fully saturated rings. The maximum Gasteiger partial charge on any atom is 0.290 e. The number of rotatable bonds is 1. The number of hydrogen-bond acceptors (Lipinski definition) is 1.